The number of rotatable bonds is 8. The number of para-hydroxylation sites is 2. The number of hydrogen-bond donors (Lipinski definition) is 1. The summed E-state index contributed by atoms with van der Waals surface area (Å²) in [6.45, 7) is 7.60. The molecule has 0 aliphatic rings. The van der Waals surface area contributed by atoms with Gasteiger partial charge in [0.15, 0.2) is 0 Å². The van der Waals surface area contributed by atoms with Crippen LogP contribution >= 0.6 is 0 Å². The number of benzene rings is 3. The summed E-state index contributed by atoms with van der Waals surface area (Å²) in [6.07, 6.45) is 0. The number of carbonyl (C=O) groups is 1. The molecule has 0 unspecified atom stereocenters. The van der Waals surface area contributed by atoms with Gasteiger partial charge >= 0.3 is 0 Å². The fourth-order valence-electron chi connectivity index (χ4n) is 3.80. The third kappa shape index (κ3) is 5.37. The van der Waals surface area contributed by atoms with E-state index in [1.54, 1.807) is 42.5 Å². The van der Waals surface area contributed by atoms with E-state index in [-0.39, 0.29) is 17.5 Å². The molecule has 3 rings (SSSR count). The summed E-state index contributed by atoms with van der Waals surface area (Å²) < 4.78 is 33.5. The Kier molecular flexibility index (Phi) is 7.43. The van der Waals surface area contributed by atoms with E-state index in [0.717, 1.165) is 21.0 Å². The number of methoxy groups -OCH3 is 1. The van der Waals surface area contributed by atoms with Crippen molar-refractivity contribution in [3.8, 4) is 5.75 Å². The lowest BCUT2D eigenvalue weighted by atomic mass is 9.96. The average molecular weight is 467 g/mol. The smallest absolute Gasteiger partial charge is 0.264 e. The standard InChI is InChI=1S/C26H30N2O4S/c1-18-15-20(3)23(16-19(18)2)21(4)27-26(29)17-28(24-13-9-10-14-25(24)32-5)33(30,31)22-11-7-6-8-12-22/h6-16,21H,17H2,1-5H3,(H,27,29)/t21-/m0/s1. The van der Waals surface area contributed by atoms with Crippen LogP contribution in [0.4, 0.5) is 5.69 Å². The molecule has 0 aliphatic heterocycles. The van der Waals surface area contributed by atoms with Gasteiger partial charge in [-0.05, 0) is 74.2 Å². The average Bonchev–Trinajstić information content (AvgIpc) is 2.80. The zero-order valence-electron chi connectivity index (χ0n) is 19.6. The number of sulfonamides is 1. The molecule has 174 valence electrons. The first kappa shape index (κ1) is 24.3. The van der Waals surface area contributed by atoms with Crippen LogP contribution < -0.4 is 14.4 Å². The van der Waals surface area contributed by atoms with Crippen molar-refractivity contribution < 1.29 is 17.9 Å². The largest absolute Gasteiger partial charge is 0.495 e. The van der Waals surface area contributed by atoms with Crippen LogP contribution in [0.25, 0.3) is 0 Å². The highest BCUT2D eigenvalue weighted by Crippen LogP contribution is 2.32. The van der Waals surface area contributed by atoms with Crippen LogP contribution in [-0.2, 0) is 14.8 Å². The molecular formula is C26H30N2O4S. The van der Waals surface area contributed by atoms with Crippen LogP contribution in [0.3, 0.4) is 0 Å². The first-order chi connectivity index (χ1) is 15.6. The minimum Gasteiger partial charge on any atom is -0.495 e. The summed E-state index contributed by atoms with van der Waals surface area (Å²) in [4.78, 5) is 13.2. The van der Waals surface area contributed by atoms with E-state index in [2.05, 4.69) is 24.4 Å². The molecule has 6 nitrogen and oxygen atoms in total. The van der Waals surface area contributed by atoms with Crippen molar-refractivity contribution in [3.05, 3.63) is 89.0 Å². The molecule has 0 aliphatic carbocycles. The molecule has 0 saturated carbocycles. The van der Waals surface area contributed by atoms with Gasteiger partial charge in [0, 0.05) is 0 Å². The van der Waals surface area contributed by atoms with Crippen molar-refractivity contribution in [2.75, 3.05) is 18.0 Å². The van der Waals surface area contributed by atoms with E-state index in [1.807, 2.05) is 20.8 Å². The summed E-state index contributed by atoms with van der Waals surface area (Å²) in [5.74, 6) is -0.0478. The van der Waals surface area contributed by atoms with Crippen molar-refractivity contribution in [2.45, 2.75) is 38.6 Å². The second-order valence-corrected chi connectivity index (χ2v) is 9.94. The zero-order chi connectivity index (χ0) is 24.2. The second kappa shape index (κ2) is 10.1. The molecule has 0 saturated heterocycles. The molecule has 3 aromatic carbocycles. The quantitative estimate of drug-likeness (QED) is 0.522. The third-order valence-electron chi connectivity index (χ3n) is 5.70. The summed E-state index contributed by atoms with van der Waals surface area (Å²) in [5.41, 5.74) is 4.70. The number of anilines is 1. The van der Waals surface area contributed by atoms with Crippen molar-refractivity contribution in [3.63, 3.8) is 0 Å². The Bertz CT molecular complexity index is 1240. The molecule has 1 N–H and O–H groups in total. The maximum atomic E-state index is 13.5. The fraction of sp³-hybridized carbons (Fsp3) is 0.269. The normalized spacial score (nSPS) is 12.2. The molecule has 0 heterocycles. The zero-order valence-corrected chi connectivity index (χ0v) is 20.4. The van der Waals surface area contributed by atoms with Crippen molar-refractivity contribution in [2.24, 2.45) is 0 Å². The minimum absolute atomic E-state index is 0.0989. The first-order valence-electron chi connectivity index (χ1n) is 10.7. The highest BCUT2D eigenvalue weighted by Gasteiger charge is 2.29. The first-order valence-corrected chi connectivity index (χ1v) is 12.2. The van der Waals surface area contributed by atoms with Crippen LogP contribution in [0.1, 0.15) is 35.2 Å². The van der Waals surface area contributed by atoms with Gasteiger partial charge in [0.1, 0.15) is 12.3 Å². The predicted molar refractivity (Wildman–Crippen MR) is 131 cm³/mol. The van der Waals surface area contributed by atoms with E-state index in [9.17, 15) is 13.2 Å². The van der Waals surface area contributed by atoms with E-state index in [4.69, 9.17) is 4.74 Å². The van der Waals surface area contributed by atoms with Gasteiger partial charge in [-0.25, -0.2) is 8.42 Å². The number of amides is 1. The maximum absolute atomic E-state index is 13.5. The predicted octanol–water partition coefficient (Wildman–Crippen LogP) is 4.69. The Morgan fingerprint density at radius 2 is 1.55 bits per heavy atom. The monoisotopic (exact) mass is 466 g/mol. The maximum Gasteiger partial charge on any atom is 0.264 e. The Morgan fingerprint density at radius 3 is 2.21 bits per heavy atom. The number of nitrogens with zero attached hydrogens (tertiary/aromatic N) is 1. The van der Waals surface area contributed by atoms with Gasteiger partial charge in [0.2, 0.25) is 5.91 Å². The molecule has 0 aromatic heterocycles. The van der Waals surface area contributed by atoms with Gasteiger partial charge in [-0.1, -0.05) is 42.5 Å². The van der Waals surface area contributed by atoms with E-state index >= 15 is 0 Å². The van der Waals surface area contributed by atoms with Gasteiger partial charge in [0.05, 0.1) is 23.7 Å². The lowest BCUT2D eigenvalue weighted by Gasteiger charge is -2.26. The molecule has 1 atom stereocenters. The van der Waals surface area contributed by atoms with E-state index in [0.29, 0.717) is 11.4 Å². The van der Waals surface area contributed by atoms with Crippen LogP contribution in [0.5, 0.6) is 5.75 Å². The Hall–Kier alpha value is -3.32. The molecular weight excluding hydrogens is 436 g/mol. The van der Waals surface area contributed by atoms with Gasteiger partial charge in [-0.3, -0.25) is 9.10 Å². The lowest BCUT2D eigenvalue weighted by Crippen LogP contribution is -2.41. The number of carbonyl (C=O) groups excluding carboxylic acids is 1. The Morgan fingerprint density at radius 1 is 0.939 bits per heavy atom. The number of nitrogens with one attached hydrogen (secondary N) is 1. The number of ether oxygens (including phenoxy) is 1. The molecule has 0 bridgehead atoms. The highest BCUT2D eigenvalue weighted by molar-refractivity contribution is 7.92. The summed E-state index contributed by atoms with van der Waals surface area (Å²) in [5, 5.41) is 2.96. The van der Waals surface area contributed by atoms with Crippen LogP contribution in [-0.4, -0.2) is 28.0 Å². The van der Waals surface area contributed by atoms with Crippen LogP contribution in [0.15, 0.2) is 71.6 Å². The molecule has 1 amide bonds. The molecule has 3 aromatic rings. The van der Waals surface area contributed by atoms with Crippen LogP contribution in [0, 0.1) is 20.8 Å². The SMILES string of the molecule is COc1ccccc1N(CC(=O)N[C@@H](C)c1cc(C)c(C)cc1C)S(=O)(=O)c1ccccc1. The molecule has 0 spiro atoms. The van der Waals surface area contributed by atoms with Gasteiger partial charge in [-0.2, -0.15) is 0 Å². The Labute approximate surface area is 196 Å². The van der Waals surface area contributed by atoms with Gasteiger partial charge in [0.25, 0.3) is 10.0 Å². The summed E-state index contributed by atoms with van der Waals surface area (Å²) in [7, 11) is -2.54. The topological polar surface area (TPSA) is 75.7 Å². The van der Waals surface area contributed by atoms with Crippen LogP contribution in [0.2, 0.25) is 0 Å². The Balaban J connectivity index is 1.94. The van der Waals surface area contributed by atoms with E-state index in [1.165, 1.54) is 24.8 Å². The molecule has 0 radical (unpaired) electrons. The second-order valence-electron chi connectivity index (χ2n) is 8.08. The number of hydrogen-bond acceptors (Lipinski definition) is 4. The minimum atomic E-state index is -4.01. The third-order valence-corrected chi connectivity index (χ3v) is 7.47. The highest BCUT2D eigenvalue weighted by atomic mass is 32.2. The van der Waals surface area contributed by atoms with Crippen molar-refractivity contribution in [1.29, 1.82) is 0 Å². The molecule has 7 heteroatoms. The lowest BCUT2D eigenvalue weighted by molar-refractivity contribution is -0.120. The molecule has 0 fully saturated rings. The summed E-state index contributed by atoms with van der Waals surface area (Å²) in [6, 6.07) is 18.7. The molecule has 33 heavy (non-hydrogen) atoms. The number of aryl methyl sites for hydroxylation is 3. The van der Waals surface area contributed by atoms with Crippen molar-refractivity contribution >= 4 is 21.6 Å². The van der Waals surface area contributed by atoms with E-state index < -0.39 is 15.9 Å². The van der Waals surface area contributed by atoms with Gasteiger partial charge in [-0.15, -0.1) is 0 Å². The van der Waals surface area contributed by atoms with Gasteiger partial charge < -0.3 is 10.1 Å². The van der Waals surface area contributed by atoms with Crippen molar-refractivity contribution in [1.82, 2.24) is 5.32 Å². The fourth-order valence-corrected chi connectivity index (χ4v) is 5.25. The summed E-state index contributed by atoms with van der Waals surface area (Å²) >= 11 is 0.